The second-order valence-electron chi connectivity index (χ2n) is 5.81. The molecule has 0 aliphatic carbocycles. The van der Waals surface area contributed by atoms with Crippen LogP contribution in [0.2, 0.25) is 0 Å². The number of hydrogen-bond donors (Lipinski definition) is 2. The summed E-state index contributed by atoms with van der Waals surface area (Å²) in [4.78, 5) is 28.8. The molecule has 0 unspecified atom stereocenters. The molecule has 2 amide bonds. The van der Waals surface area contributed by atoms with Gasteiger partial charge in [0.2, 0.25) is 0 Å². The lowest BCUT2D eigenvalue weighted by Gasteiger charge is -2.09. The van der Waals surface area contributed by atoms with Gasteiger partial charge in [-0.2, -0.15) is 0 Å². The molecule has 6 heteroatoms. The van der Waals surface area contributed by atoms with Gasteiger partial charge in [-0.05, 0) is 42.0 Å². The molecule has 6 nitrogen and oxygen atoms in total. The molecule has 0 atom stereocenters. The van der Waals surface area contributed by atoms with Gasteiger partial charge in [0.05, 0.1) is 7.11 Å². The normalized spacial score (nSPS) is 10.1. The molecule has 3 rings (SSSR count). The number of aromatic nitrogens is 1. The molecule has 1 heterocycles. The van der Waals surface area contributed by atoms with E-state index >= 15 is 0 Å². The van der Waals surface area contributed by atoms with Crippen LogP contribution < -0.4 is 15.4 Å². The molecule has 0 saturated heterocycles. The largest absolute Gasteiger partial charge is 0.497 e. The number of hydrogen-bond acceptors (Lipinski definition) is 4. The van der Waals surface area contributed by atoms with Crippen LogP contribution in [0.15, 0.2) is 73.1 Å². The number of carbonyl (C=O) groups is 2. The van der Waals surface area contributed by atoms with Crippen molar-refractivity contribution in [2.24, 2.45) is 0 Å². The molecule has 27 heavy (non-hydrogen) atoms. The topological polar surface area (TPSA) is 80.3 Å². The monoisotopic (exact) mass is 361 g/mol. The number of amides is 2. The molecule has 0 spiro atoms. The van der Waals surface area contributed by atoms with E-state index < -0.39 is 0 Å². The quantitative estimate of drug-likeness (QED) is 0.706. The molecule has 2 N–H and O–H groups in total. The Morgan fingerprint density at radius 2 is 1.74 bits per heavy atom. The molecule has 0 radical (unpaired) electrons. The van der Waals surface area contributed by atoms with Crippen molar-refractivity contribution in [3.05, 3.63) is 89.7 Å². The van der Waals surface area contributed by atoms with Crippen molar-refractivity contribution in [3.8, 4) is 5.75 Å². The number of ether oxygens (including phenoxy) is 1. The van der Waals surface area contributed by atoms with Gasteiger partial charge in [0.15, 0.2) is 0 Å². The summed E-state index contributed by atoms with van der Waals surface area (Å²) < 4.78 is 5.15. The molecule has 0 fully saturated rings. The van der Waals surface area contributed by atoms with E-state index in [1.54, 1.807) is 68.0 Å². The van der Waals surface area contributed by atoms with Crippen molar-refractivity contribution in [1.29, 1.82) is 0 Å². The Balaban J connectivity index is 1.66. The van der Waals surface area contributed by atoms with Crippen LogP contribution in [0.1, 0.15) is 26.3 Å². The zero-order valence-electron chi connectivity index (χ0n) is 14.8. The zero-order chi connectivity index (χ0) is 19.1. The smallest absolute Gasteiger partial charge is 0.255 e. The van der Waals surface area contributed by atoms with E-state index in [-0.39, 0.29) is 11.8 Å². The molecule has 0 bridgehead atoms. The lowest BCUT2D eigenvalue weighted by molar-refractivity contribution is 0.0951. The summed E-state index contributed by atoms with van der Waals surface area (Å²) >= 11 is 0. The summed E-state index contributed by atoms with van der Waals surface area (Å²) in [5.74, 6) is 0.0939. The molecular weight excluding hydrogens is 342 g/mol. The Labute approximate surface area is 157 Å². The third kappa shape index (κ3) is 4.92. The van der Waals surface area contributed by atoms with E-state index in [1.807, 2.05) is 12.1 Å². The minimum absolute atomic E-state index is 0.255. The average Bonchev–Trinajstić information content (AvgIpc) is 2.73. The van der Waals surface area contributed by atoms with Crippen LogP contribution in [0.5, 0.6) is 5.75 Å². The van der Waals surface area contributed by atoms with E-state index in [0.29, 0.717) is 29.1 Å². The fourth-order valence-corrected chi connectivity index (χ4v) is 2.49. The highest BCUT2D eigenvalue weighted by Crippen LogP contribution is 2.18. The number of carbonyl (C=O) groups excluding carboxylic acids is 2. The van der Waals surface area contributed by atoms with Crippen molar-refractivity contribution in [2.75, 3.05) is 12.4 Å². The Morgan fingerprint density at radius 1 is 0.963 bits per heavy atom. The first kappa shape index (κ1) is 18.1. The highest BCUT2D eigenvalue weighted by atomic mass is 16.5. The summed E-state index contributed by atoms with van der Waals surface area (Å²) in [5.41, 5.74) is 2.33. The highest BCUT2D eigenvalue weighted by molar-refractivity contribution is 6.06. The third-order valence-electron chi connectivity index (χ3n) is 3.89. The number of methoxy groups -OCH3 is 1. The van der Waals surface area contributed by atoms with Gasteiger partial charge in [0, 0.05) is 41.8 Å². The lowest BCUT2D eigenvalue weighted by Crippen LogP contribution is -2.23. The van der Waals surface area contributed by atoms with Gasteiger partial charge in [0.1, 0.15) is 5.75 Å². The third-order valence-corrected chi connectivity index (χ3v) is 3.89. The summed E-state index contributed by atoms with van der Waals surface area (Å²) in [6, 6.07) is 17.3. The fourth-order valence-electron chi connectivity index (χ4n) is 2.49. The molecule has 0 aliphatic heterocycles. The maximum Gasteiger partial charge on any atom is 0.255 e. The SMILES string of the molecule is COc1cccc(NC(=O)c2cccc(C(=O)NCc3cccnc3)c2)c1. The Morgan fingerprint density at radius 3 is 2.48 bits per heavy atom. The van der Waals surface area contributed by atoms with Crippen LogP contribution in [0, 0.1) is 0 Å². The van der Waals surface area contributed by atoms with Crippen molar-refractivity contribution >= 4 is 17.5 Å². The summed E-state index contributed by atoms with van der Waals surface area (Å²) in [7, 11) is 1.56. The Bertz CT molecular complexity index is 942. The number of benzene rings is 2. The number of nitrogens with zero attached hydrogens (tertiary/aromatic N) is 1. The fraction of sp³-hybridized carbons (Fsp3) is 0.0952. The van der Waals surface area contributed by atoms with Crippen molar-refractivity contribution in [2.45, 2.75) is 6.54 Å². The maximum atomic E-state index is 12.5. The van der Waals surface area contributed by atoms with E-state index in [9.17, 15) is 9.59 Å². The van der Waals surface area contributed by atoms with Crippen LogP contribution in [0.3, 0.4) is 0 Å². The summed E-state index contributed by atoms with van der Waals surface area (Å²) in [6.45, 7) is 0.368. The van der Waals surface area contributed by atoms with Gasteiger partial charge in [-0.1, -0.05) is 18.2 Å². The predicted molar refractivity (Wildman–Crippen MR) is 103 cm³/mol. The van der Waals surface area contributed by atoms with Crippen LogP contribution >= 0.6 is 0 Å². The zero-order valence-corrected chi connectivity index (χ0v) is 14.8. The van der Waals surface area contributed by atoms with Crippen LogP contribution in [-0.2, 0) is 6.54 Å². The number of anilines is 1. The van der Waals surface area contributed by atoms with E-state index in [2.05, 4.69) is 15.6 Å². The maximum absolute atomic E-state index is 12.5. The minimum atomic E-state index is -0.301. The summed E-state index contributed by atoms with van der Waals surface area (Å²) in [6.07, 6.45) is 3.37. The van der Waals surface area contributed by atoms with E-state index in [4.69, 9.17) is 4.74 Å². The highest BCUT2D eigenvalue weighted by Gasteiger charge is 2.11. The second-order valence-corrected chi connectivity index (χ2v) is 5.81. The van der Waals surface area contributed by atoms with Crippen molar-refractivity contribution < 1.29 is 14.3 Å². The molecule has 2 aromatic carbocycles. The molecular formula is C21H19N3O3. The molecule has 0 aliphatic rings. The van der Waals surface area contributed by atoms with E-state index in [0.717, 1.165) is 5.56 Å². The summed E-state index contributed by atoms with van der Waals surface area (Å²) in [5, 5.41) is 5.62. The number of nitrogens with one attached hydrogen (secondary N) is 2. The van der Waals surface area contributed by atoms with Crippen molar-refractivity contribution in [3.63, 3.8) is 0 Å². The first-order valence-corrected chi connectivity index (χ1v) is 8.38. The predicted octanol–water partition coefficient (Wildman–Crippen LogP) is 3.27. The first-order valence-electron chi connectivity index (χ1n) is 8.38. The standard InChI is InChI=1S/C21H19N3O3/c1-27-19-9-3-8-18(12-19)24-21(26)17-7-2-6-16(11-17)20(25)23-14-15-5-4-10-22-13-15/h2-13H,14H2,1H3,(H,23,25)(H,24,26). The molecule has 3 aromatic rings. The van der Waals surface area contributed by atoms with Crippen LogP contribution in [0.4, 0.5) is 5.69 Å². The van der Waals surface area contributed by atoms with Crippen LogP contribution in [0.25, 0.3) is 0 Å². The number of rotatable bonds is 6. The molecule has 1 aromatic heterocycles. The minimum Gasteiger partial charge on any atom is -0.497 e. The lowest BCUT2D eigenvalue weighted by atomic mass is 10.1. The van der Waals surface area contributed by atoms with Gasteiger partial charge in [-0.15, -0.1) is 0 Å². The van der Waals surface area contributed by atoms with Gasteiger partial charge in [0.25, 0.3) is 11.8 Å². The molecule has 136 valence electrons. The van der Waals surface area contributed by atoms with E-state index in [1.165, 1.54) is 0 Å². The van der Waals surface area contributed by atoms with Gasteiger partial charge in [-0.25, -0.2) is 0 Å². The molecule has 0 saturated carbocycles. The van der Waals surface area contributed by atoms with Gasteiger partial charge >= 0.3 is 0 Å². The Hall–Kier alpha value is -3.67. The first-order chi connectivity index (χ1) is 13.2. The van der Waals surface area contributed by atoms with Gasteiger partial charge in [-0.3, -0.25) is 14.6 Å². The average molecular weight is 361 g/mol. The number of pyridine rings is 1. The Kier molecular flexibility index (Phi) is 5.79. The second kappa shape index (κ2) is 8.62. The van der Waals surface area contributed by atoms with Crippen LogP contribution in [-0.4, -0.2) is 23.9 Å². The van der Waals surface area contributed by atoms with Crippen molar-refractivity contribution in [1.82, 2.24) is 10.3 Å². The van der Waals surface area contributed by atoms with Gasteiger partial charge < -0.3 is 15.4 Å².